The van der Waals surface area contributed by atoms with E-state index in [1.165, 1.54) is 0 Å². The molecule has 0 radical (unpaired) electrons. The molecule has 74 valence electrons. The van der Waals surface area contributed by atoms with Gasteiger partial charge in [0.05, 0.1) is 0 Å². The molecular weight excluding hydrogens is 178 g/mol. The Labute approximate surface area is 82.1 Å². The molecule has 2 heterocycles. The molecular formula is C9H13N5. The third-order valence-electron chi connectivity index (χ3n) is 2.04. The summed E-state index contributed by atoms with van der Waals surface area (Å²) >= 11 is 0. The van der Waals surface area contributed by atoms with Gasteiger partial charge in [0.15, 0.2) is 5.65 Å². The zero-order valence-corrected chi connectivity index (χ0v) is 8.52. The number of aryl methyl sites for hydroxylation is 1. The standard InChI is InChI=1S/C9H13N5/c1-6-4-7-8(11-5-6)14(13(2)3)9(10)12-7/h4-5H,1-3H3,(H2,10,12). The van der Waals surface area contributed by atoms with Crippen molar-refractivity contribution in [3.05, 3.63) is 17.8 Å². The van der Waals surface area contributed by atoms with E-state index in [1.807, 2.05) is 38.3 Å². The monoisotopic (exact) mass is 191 g/mol. The van der Waals surface area contributed by atoms with Crippen LogP contribution in [-0.2, 0) is 0 Å². The van der Waals surface area contributed by atoms with E-state index >= 15 is 0 Å². The zero-order chi connectivity index (χ0) is 10.3. The number of rotatable bonds is 1. The summed E-state index contributed by atoms with van der Waals surface area (Å²) in [4.78, 5) is 8.53. The van der Waals surface area contributed by atoms with Gasteiger partial charge in [0.25, 0.3) is 0 Å². The van der Waals surface area contributed by atoms with Crippen LogP contribution in [-0.4, -0.2) is 28.7 Å². The van der Waals surface area contributed by atoms with Crippen molar-refractivity contribution in [1.82, 2.24) is 14.6 Å². The van der Waals surface area contributed by atoms with Gasteiger partial charge in [-0.1, -0.05) is 0 Å². The first-order chi connectivity index (χ1) is 6.59. The first-order valence-electron chi connectivity index (χ1n) is 4.38. The number of hydrogen-bond donors (Lipinski definition) is 1. The van der Waals surface area contributed by atoms with Gasteiger partial charge in [0.1, 0.15) is 5.52 Å². The average Bonchev–Trinajstić information content (AvgIpc) is 2.39. The second kappa shape index (κ2) is 2.87. The molecule has 0 bridgehead atoms. The van der Waals surface area contributed by atoms with Gasteiger partial charge in [0, 0.05) is 20.3 Å². The van der Waals surface area contributed by atoms with Crippen LogP contribution >= 0.6 is 0 Å². The highest BCUT2D eigenvalue weighted by Crippen LogP contribution is 2.15. The molecule has 2 N–H and O–H groups in total. The average molecular weight is 191 g/mol. The molecule has 2 aromatic heterocycles. The van der Waals surface area contributed by atoms with Crippen molar-refractivity contribution < 1.29 is 0 Å². The van der Waals surface area contributed by atoms with Gasteiger partial charge in [-0.2, -0.15) is 0 Å². The lowest BCUT2D eigenvalue weighted by Crippen LogP contribution is -2.26. The molecule has 0 unspecified atom stereocenters. The Kier molecular flexibility index (Phi) is 1.80. The van der Waals surface area contributed by atoms with Crippen molar-refractivity contribution in [2.24, 2.45) is 0 Å². The molecule has 0 aliphatic heterocycles. The molecule has 0 amide bonds. The van der Waals surface area contributed by atoms with E-state index in [0.717, 1.165) is 16.7 Å². The third-order valence-corrected chi connectivity index (χ3v) is 2.04. The number of hydrogen-bond acceptors (Lipinski definition) is 4. The predicted octanol–water partition coefficient (Wildman–Crippen LogP) is 0.520. The molecule has 2 rings (SSSR count). The van der Waals surface area contributed by atoms with Crippen LogP contribution in [0.25, 0.3) is 11.2 Å². The summed E-state index contributed by atoms with van der Waals surface area (Å²) in [6.45, 7) is 1.98. The highest BCUT2D eigenvalue weighted by atomic mass is 15.6. The zero-order valence-electron chi connectivity index (χ0n) is 8.52. The number of nitrogens with two attached hydrogens (primary N) is 1. The maximum atomic E-state index is 5.77. The number of imidazole rings is 1. The second-order valence-corrected chi connectivity index (χ2v) is 3.48. The lowest BCUT2D eigenvalue weighted by molar-refractivity contribution is 0.757. The van der Waals surface area contributed by atoms with Gasteiger partial charge in [-0.25, -0.2) is 14.6 Å². The topological polar surface area (TPSA) is 60.0 Å². The number of nitrogens with zero attached hydrogens (tertiary/aromatic N) is 4. The summed E-state index contributed by atoms with van der Waals surface area (Å²) in [6.07, 6.45) is 1.81. The molecule has 5 nitrogen and oxygen atoms in total. The van der Waals surface area contributed by atoms with Crippen LogP contribution in [0.2, 0.25) is 0 Å². The van der Waals surface area contributed by atoms with E-state index < -0.39 is 0 Å². The van der Waals surface area contributed by atoms with E-state index in [1.54, 1.807) is 4.68 Å². The molecule has 2 aromatic rings. The second-order valence-electron chi connectivity index (χ2n) is 3.48. The summed E-state index contributed by atoms with van der Waals surface area (Å²) in [5.41, 5.74) is 8.48. The van der Waals surface area contributed by atoms with Gasteiger partial charge in [-0.15, -0.1) is 0 Å². The lowest BCUT2D eigenvalue weighted by Gasteiger charge is -2.15. The molecule has 14 heavy (non-hydrogen) atoms. The minimum atomic E-state index is 0.461. The summed E-state index contributed by atoms with van der Waals surface area (Å²) in [5.74, 6) is 0.461. The molecule has 0 saturated heterocycles. The molecule has 0 atom stereocenters. The lowest BCUT2D eigenvalue weighted by atomic mass is 10.3. The normalized spacial score (nSPS) is 10.8. The van der Waals surface area contributed by atoms with E-state index in [4.69, 9.17) is 5.73 Å². The Bertz CT molecular complexity index is 471. The van der Waals surface area contributed by atoms with Crippen molar-refractivity contribution in [2.45, 2.75) is 6.92 Å². The van der Waals surface area contributed by atoms with Crippen LogP contribution in [0, 0.1) is 6.92 Å². The Balaban J connectivity index is 2.77. The van der Waals surface area contributed by atoms with Gasteiger partial charge in [-0.3, -0.25) is 0 Å². The van der Waals surface area contributed by atoms with Gasteiger partial charge < -0.3 is 10.7 Å². The molecule has 0 aliphatic carbocycles. The Morgan fingerprint density at radius 3 is 2.79 bits per heavy atom. The maximum absolute atomic E-state index is 5.77. The summed E-state index contributed by atoms with van der Waals surface area (Å²) < 4.78 is 1.77. The van der Waals surface area contributed by atoms with Crippen molar-refractivity contribution in [2.75, 3.05) is 24.8 Å². The fraction of sp³-hybridized carbons (Fsp3) is 0.333. The first kappa shape index (κ1) is 8.80. The highest BCUT2D eigenvalue weighted by molar-refractivity contribution is 5.75. The minimum absolute atomic E-state index is 0.461. The number of nitrogen functional groups attached to an aromatic ring is 1. The van der Waals surface area contributed by atoms with Crippen LogP contribution < -0.4 is 10.7 Å². The number of anilines is 1. The van der Waals surface area contributed by atoms with Gasteiger partial charge in [0.2, 0.25) is 5.95 Å². The largest absolute Gasteiger partial charge is 0.368 e. The van der Waals surface area contributed by atoms with E-state index in [9.17, 15) is 0 Å². The maximum Gasteiger partial charge on any atom is 0.221 e. The fourth-order valence-electron chi connectivity index (χ4n) is 1.47. The molecule has 0 aliphatic rings. The van der Waals surface area contributed by atoms with Gasteiger partial charge in [-0.05, 0) is 18.6 Å². The van der Waals surface area contributed by atoms with Crippen LogP contribution in [0.15, 0.2) is 12.3 Å². The molecule has 5 heteroatoms. The highest BCUT2D eigenvalue weighted by Gasteiger charge is 2.10. The number of aromatic nitrogens is 3. The van der Waals surface area contributed by atoms with E-state index in [-0.39, 0.29) is 0 Å². The molecule has 0 aromatic carbocycles. The SMILES string of the molecule is Cc1cnc2c(c1)nc(N)n2N(C)C. The fourth-order valence-corrected chi connectivity index (χ4v) is 1.47. The molecule has 0 fully saturated rings. The third kappa shape index (κ3) is 1.17. The summed E-state index contributed by atoms with van der Waals surface area (Å²) in [6, 6.07) is 1.97. The van der Waals surface area contributed by atoms with Crippen LogP contribution in [0.4, 0.5) is 5.95 Å². The van der Waals surface area contributed by atoms with Crippen LogP contribution in [0.3, 0.4) is 0 Å². The van der Waals surface area contributed by atoms with Crippen molar-refractivity contribution in [3.63, 3.8) is 0 Å². The number of fused-ring (bicyclic) bond motifs is 1. The Morgan fingerprint density at radius 1 is 1.43 bits per heavy atom. The Hall–Kier alpha value is -1.78. The number of pyridine rings is 1. The van der Waals surface area contributed by atoms with Crippen molar-refractivity contribution in [1.29, 1.82) is 0 Å². The van der Waals surface area contributed by atoms with Crippen LogP contribution in [0.1, 0.15) is 5.56 Å². The quantitative estimate of drug-likeness (QED) is 0.714. The predicted molar refractivity (Wildman–Crippen MR) is 56.7 cm³/mol. The van der Waals surface area contributed by atoms with E-state index in [0.29, 0.717) is 5.95 Å². The summed E-state index contributed by atoms with van der Waals surface area (Å²) in [7, 11) is 3.80. The Morgan fingerprint density at radius 2 is 2.14 bits per heavy atom. The molecule has 0 saturated carbocycles. The van der Waals surface area contributed by atoms with E-state index in [2.05, 4.69) is 9.97 Å². The smallest absolute Gasteiger partial charge is 0.221 e. The summed E-state index contributed by atoms with van der Waals surface area (Å²) in [5, 5.41) is 1.85. The van der Waals surface area contributed by atoms with Crippen molar-refractivity contribution in [3.8, 4) is 0 Å². The molecule has 0 spiro atoms. The van der Waals surface area contributed by atoms with Crippen LogP contribution in [0.5, 0.6) is 0 Å². The van der Waals surface area contributed by atoms with Crippen molar-refractivity contribution >= 4 is 17.1 Å². The minimum Gasteiger partial charge on any atom is -0.368 e. The first-order valence-corrected chi connectivity index (χ1v) is 4.38. The van der Waals surface area contributed by atoms with Gasteiger partial charge >= 0.3 is 0 Å².